The van der Waals surface area contributed by atoms with Crippen LogP contribution in [0.15, 0.2) is 17.7 Å². The first kappa shape index (κ1) is 18.8. The molecule has 0 radical (unpaired) electrons. The van der Waals surface area contributed by atoms with E-state index in [1.807, 2.05) is 6.92 Å². The largest absolute Gasteiger partial charge is 0.370 e. The van der Waals surface area contributed by atoms with Gasteiger partial charge in [0.25, 0.3) is 5.91 Å². The molecule has 0 aromatic carbocycles. The number of aromatic nitrogens is 1. The van der Waals surface area contributed by atoms with E-state index < -0.39 is 0 Å². The molecule has 1 aromatic rings. The Morgan fingerprint density at radius 3 is 3.07 bits per heavy atom. The lowest BCUT2D eigenvalue weighted by Crippen LogP contribution is -2.64. The third-order valence-electron chi connectivity index (χ3n) is 7.43. The van der Waals surface area contributed by atoms with Crippen molar-refractivity contribution in [3.63, 3.8) is 0 Å². The molecule has 2 heterocycles. The predicted octanol–water partition coefficient (Wildman–Crippen LogP) is 3.41. The van der Waals surface area contributed by atoms with E-state index in [0.717, 1.165) is 67.3 Å². The molecule has 3 aliphatic carbocycles. The minimum atomic E-state index is -0.224. The number of carbonyl (C=O) groups is 1. The zero-order valence-electron chi connectivity index (χ0n) is 16.7. The van der Waals surface area contributed by atoms with E-state index in [1.54, 1.807) is 5.51 Å². The number of carbonyl (C=O) groups excluding carboxylic acids is 1. The summed E-state index contributed by atoms with van der Waals surface area (Å²) in [6, 6.07) is 0.0953. The molecule has 1 N–H and O–H groups in total. The van der Waals surface area contributed by atoms with Crippen LogP contribution in [0.5, 0.6) is 0 Å². The Labute approximate surface area is 171 Å². The number of nitrogens with zero attached hydrogens (tertiary/aromatic N) is 2. The molecule has 1 aliphatic heterocycles. The molecule has 1 aromatic heterocycles. The third-order valence-corrected chi connectivity index (χ3v) is 8.36. The second kappa shape index (κ2) is 7.54. The summed E-state index contributed by atoms with van der Waals surface area (Å²) in [5, 5.41) is 3.33. The number of hydrogen-bond donors (Lipinski definition) is 1. The van der Waals surface area contributed by atoms with Crippen LogP contribution < -0.4 is 5.32 Å². The predicted molar refractivity (Wildman–Crippen MR) is 111 cm³/mol. The Bertz CT molecular complexity index is 759. The fraction of sp³-hybridized carbons (Fsp3) is 0.727. The van der Waals surface area contributed by atoms with Gasteiger partial charge in [0.2, 0.25) is 0 Å². The van der Waals surface area contributed by atoms with Gasteiger partial charge in [-0.25, -0.2) is 4.98 Å². The fourth-order valence-corrected chi connectivity index (χ4v) is 6.70. The molecular weight excluding hydrogens is 370 g/mol. The van der Waals surface area contributed by atoms with Crippen LogP contribution in [0.2, 0.25) is 0 Å². The third kappa shape index (κ3) is 3.44. The average molecular weight is 402 g/mol. The maximum Gasteiger partial charge on any atom is 0.263 e. The van der Waals surface area contributed by atoms with Crippen LogP contribution in [0.3, 0.4) is 0 Å². The van der Waals surface area contributed by atoms with Crippen molar-refractivity contribution in [2.24, 2.45) is 17.8 Å². The van der Waals surface area contributed by atoms with E-state index >= 15 is 0 Å². The SMILES string of the molecule is Cc1ncsc1C(=O)N[C@@H]1CCCC[C@]12CN(C[C@H]1C[C@@H]3C=C[C@H]1C3)CCO2. The molecule has 2 bridgehead atoms. The molecule has 1 amide bonds. The Morgan fingerprint density at radius 2 is 2.32 bits per heavy atom. The van der Waals surface area contributed by atoms with E-state index in [2.05, 4.69) is 27.4 Å². The summed E-state index contributed by atoms with van der Waals surface area (Å²) in [5.41, 5.74) is 2.35. The van der Waals surface area contributed by atoms with Crippen LogP contribution in [0, 0.1) is 24.7 Å². The number of amides is 1. The minimum Gasteiger partial charge on any atom is -0.370 e. The molecule has 2 saturated carbocycles. The smallest absolute Gasteiger partial charge is 0.263 e. The first-order valence-corrected chi connectivity index (χ1v) is 11.8. The lowest BCUT2D eigenvalue weighted by Gasteiger charge is -2.50. The number of rotatable bonds is 4. The van der Waals surface area contributed by atoms with E-state index in [9.17, 15) is 4.79 Å². The Kier molecular flexibility index (Phi) is 5.06. The van der Waals surface area contributed by atoms with Crippen LogP contribution in [-0.4, -0.2) is 53.7 Å². The van der Waals surface area contributed by atoms with E-state index in [0.29, 0.717) is 0 Å². The molecule has 3 fully saturated rings. The number of ether oxygens (including phenoxy) is 1. The lowest BCUT2D eigenvalue weighted by atomic mass is 9.78. The minimum absolute atomic E-state index is 0.0187. The Hall–Kier alpha value is -1.24. The molecule has 1 spiro atoms. The summed E-state index contributed by atoms with van der Waals surface area (Å²) in [7, 11) is 0. The molecule has 0 unspecified atom stereocenters. The van der Waals surface area contributed by atoms with Gasteiger partial charge >= 0.3 is 0 Å². The Morgan fingerprint density at radius 1 is 1.39 bits per heavy atom. The van der Waals surface area contributed by atoms with Gasteiger partial charge in [-0.3, -0.25) is 9.69 Å². The monoisotopic (exact) mass is 401 g/mol. The van der Waals surface area contributed by atoms with Gasteiger partial charge in [0.1, 0.15) is 10.5 Å². The average Bonchev–Trinajstić information content (AvgIpc) is 3.41. The highest BCUT2D eigenvalue weighted by molar-refractivity contribution is 7.11. The van der Waals surface area contributed by atoms with E-state index in [-0.39, 0.29) is 17.6 Å². The van der Waals surface area contributed by atoms with Crippen LogP contribution in [-0.2, 0) is 4.74 Å². The second-order valence-electron chi connectivity index (χ2n) is 9.23. The van der Waals surface area contributed by atoms with Gasteiger partial charge in [0.15, 0.2) is 0 Å². The summed E-state index contributed by atoms with van der Waals surface area (Å²) in [6.07, 6.45) is 12.0. The molecular formula is C22H31N3O2S. The highest BCUT2D eigenvalue weighted by atomic mass is 32.1. The first-order valence-electron chi connectivity index (χ1n) is 10.9. The van der Waals surface area contributed by atoms with Gasteiger partial charge in [0, 0.05) is 19.6 Å². The number of thiazole rings is 1. The van der Waals surface area contributed by atoms with E-state index in [4.69, 9.17) is 4.74 Å². The highest BCUT2D eigenvalue weighted by Gasteiger charge is 2.47. The molecule has 5 nitrogen and oxygen atoms in total. The molecule has 6 heteroatoms. The number of allylic oxidation sites excluding steroid dienone is 2. The molecule has 28 heavy (non-hydrogen) atoms. The standard InChI is InChI=1S/C22H31N3O2S/c1-15-20(28-14-23-15)21(26)24-19-4-2-3-7-22(19)13-25(8-9-27-22)12-18-11-16-5-6-17(18)10-16/h5-6,14,16-19H,2-4,7-13H2,1H3,(H,24,26)/t16-,17+,18-,19-,22+/m1/s1. The summed E-state index contributed by atoms with van der Waals surface area (Å²) in [6.45, 7) is 5.85. The quantitative estimate of drug-likeness (QED) is 0.786. The normalized spacial score (nSPS) is 37.6. The molecule has 4 aliphatic rings. The van der Waals surface area contributed by atoms with Gasteiger partial charge < -0.3 is 10.1 Å². The number of fused-ring (bicyclic) bond motifs is 2. The molecule has 5 atom stereocenters. The van der Waals surface area contributed by atoms with Crippen molar-refractivity contribution in [1.82, 2.24) is 15.2 Å². The van der Waals surface area contributed by atoms with Crippen LogP contribution in [0.25, 0.3) is 0 Å². The molecule has 1 saturated heterocycles. The van der Waals surface area contributed by atoms with Crippen molar-refractivity contribution in [1.29, 1.82) is 0 Å². The first-order chi connectivity index (χ1) is 13.6. The van der Waals surface area contributed by atoms with Crippen molar-refractivity contribution in [2.75, 3.05) is 26.2 Å². The van der Waals surface area contributed by atoms with Crippen molar-refractivity contribution in [2.45, 2.75) is 57.1 Å². The van der Waals surface area contributed by atoms with Crippen molar-refractivity contribution in [3.8, 4) is 0 Å². The van der Waals surface area contributed by atoms with Gasteiger partial charge in [-0.05, 0) is 50.4 Å². The van der Waals surface area contributed by atoms with Gasteiger partial charge in [-0.2, -0.15) is 0 Å². The van der Waals surface area contributed by atoms with Crippen molar-refractivity contribution in [3.05, 3.63) is 28.2 Å². The van der Waals surface area contributed by atoms with Crippen LogP contribution in [0.4, 0.5) is 0 Å². The number of aryl methyl sites for hydroxylation is 1. The Balaban J connectivity index is 1.28. The highest BCUT2D eigenvalue weighted by Crippen LogP contribution is 2.44. The van der Waals surface area contributed by atoms with Gasteiger partial charge in [-0.15, -0.1) is 11.3 Å². The maximum atomic E-state index is 12.9. The number of morpholine rings is 1. The molecule has 5 rings (SSSR count). The zero-order valence-corrected chi connectivity index (χ0v) is 17.5. The van der Waals surface area contributed by atoms with Gasteiger partial charge in [-0.1, -0.05) is 25.0 Å². The lowest BCUT2D eigenvalue weighted by molar-refractivity contribution is -0.143. The van der Waals surface area contributed by atoms with Gasteiger partial charge in [0.05, 0.1) is 23.9 Å². The topological polar surface area (TPSA) is 54.5 Å². The summed E-state index contributed by atoms with van der Waals surface area (Å²) in [4.78, 5) is 20.5. The number of nitrogens with one attached hydrogen (secondary N) is 1. The summed E-state index contributed by atoms with van der Waals surface area (Å²) < 4.78 is 6.44. The summed E-state index contributed by atoms with van der Waals surface area (Å²) >= 11 is 1.43. The van der Waals surface area contributed by atoms with Crippen LogP contribution in [0.1, 0.15) is 53.9 Å². The van der Waals surface area contributed by atoms with Crippen molar-refractivity contribution >= 4 is 17.2 Å². The van der Waals surface area contributed by atoms with Crippen LogP contribution >= 0.6 is 11.3 Å². The second-order valence-corrected chi connectivity index (χ2v) is 10.1. The zero-order chi connectivity index (χ0) is 19.1. The molecule has 152 valence electrons. The summed E-state index contributed by atoms with van der Waals surface area (Å²) in [5.74, 6) is 2.45. The fourth-order valence-electron chi connectivity index (χ4n) is 5.99. The van der Waals surface area contributed by atoms with Crippen molar-refractivity contribution < 1.29 is 9.53 Å². The number of hydrogen-bond acceptors (Lipinski definition) is 5. The maximum absolute atomic E-state index is 12.9. The van der Waals surface area contributed by atoms with E-state index in [1.165, 1.54) is 37.1 Å².